The molecule has 7 nitrogen and oxygen atoms in total. The summed E-state index contributed by atoms with van der Waals surface area (Å²) in [5.74, 6) is 0.907. The highest BCUT2D eigenvalue weighted by Gasteiger charge is 2.44. The van der Waals surface area contributed by atoms with Crippen LogP contribution in [0, 0.1) is 0 Å². The summed E-state index contributed by atoms with van der Waals surface area (Å²) in [7, 11) is 1.82. The Hall–Kier alpha value is -2.93. The zero-order chi connectivity index (χ0) is 18.4. The van der Waals surface area contributed by atoms with Gasteiger partial charge in [0, 0.05) is 19.8 Å². The summed E-state index contributed by atoms with van der Waals surface area (Å²) in [4.78, 5) is 19.1. The maximum atomic E-state index is 12.7. The number of hydrogen-bond acceptors (Lipinski definition) is 4. The average molecular weight is 363 g/mol. The first-order chi connectivity index (χ1) is 13.1. The van der Waals surface area contributed by atoms with E-state index in [1.165, 1.54) is 0 Å². The normalized spacial score (nSPS) is 21.6. The Morgan fingerprint density at radius 3 is 2.81 bits per heavy atom. The van der Waals surface area contributed by atoms with Gasteiger partial charge in [-0.15, -0.1) is 0 Å². The van der Waals surface area contributed by atoms with Gasteiger partial charge in [0.2, 0.25) is 0 Å². The molecule has 0 bridgehead atoms. The maximum absolute atomic E-state index is 12.7. The average Bonchev–Trinajstić information content (AvgIpc) is 3.41. The van der Waals surface area contributed by atoms with E-state index >= 15 is 0 Å². The predicted molar refractivity (Wildman–Crippen MR) is 98.9 cm³/mol. The Morgan fingerprint density at radius 1 is 1.19 bits per heavy atom. The van der Waals surface area contributed by atoms with E-state index in [0.29, 0.717) is 31.9 Å². The minimum atomic E-state index is -0.359. The van der Waals surface area contributed by atoms with E-state index in [0.717, 1.165) is 23.5 Å². The van der Waals surface area contributed by atoms with Crippen molar-refractivity contribution in [2.45, 2.75) is 25.2 Å². The smallest absolute Gasteiger partial charge is 0.274 e. The molecule has 0 N–H and O–H groups in total. The summed E-state index contributed by atoms with van der Waals surface area (Å²) in [5.41, 5.74) is 2.37. The molecule has 1 fully saturated rings. The monoisotopic (exact) mass is 363 g/mol. The summed E-state index contributed by atoms with van der Waals surface area (Å²) in [5, 5.41) is 4.24. The molecule has 1 amide bonds. The van der Waals surface area contributed by atoms with E-state index in [-0.39, 0.29) is 11.5 Å². The van der Waals surface area contributed by atoms with Crippen molar-refractivity contribution in [3.63, 3.8) is 0 Å². The van der Waals surface area contributed by atoms with Gasteiger partial charge in [-0.2, -0.15) is 5.10 Å². The van der Waals surface area contributed by atoms with Gasteiger partial charge in [-0.25, -0.2) is 4.98 Å². The van der Waals surface area contributed by atoms with E-state index in [1.54, 1.807) is 16.9 Å². The van der Waals surface area contributed by atoms with E-state index in [2.05, 4.69) is 26.8 Å². The number of benzene rings is 1. The number of aryl methyl sites for hydroxylation is 1. The van der Waals surface area contributed by atoms with E-state index in [1.807, 2.05) is 36.3 Å². The van der Waals surface area contributed by atoms with Crippen LogP contribution in [0.2, 0.25) is 0 Å². The summed E-state index contributed by atoms with van der Waals surface area (Å²) in [6.45, 7) is 2.44. The summed E-state index contributed by atoms with van der Waals surface area (Å²) < 4.78 is 10.1. The highest BCUT2D eigenvalue weighted by Crippen LogP contribution is 2.35. The molecule has 27 heavy (non-hydrogen) atoms. The lowest BCUT2D eigenvalue weighted by Crippen LogP contribution is -2.45. The molecule has 1 saturated heterocycles. The standard InChI is InChI=1S/C20H21N5O2/c1-23-9-7-16(22-23)19(26)24-10-8-20(13-24)14-25-17(11-21-18(25)12-27-20)15-5-3-2-4-6-15/h2-7,9,11H,8,10,12-14H2,1H3/t20-/m0/s1. The Bertz CT molecular complexity index is 993. The predicted octanol–water partition coefficient (Wildman–Crippen LogP) is 2.10. The zero-order valence-electron chi connectivity index (χ0n) is 15.2. The fraction of sp³-hybridized carbons (Fsp3) is 0.350. The SMILES string of the molecule is Cn1ccc(C(=O)N2CC[C@]3(C2)Cn2c(-c4ccccc4)cnc2CO3)n1. The van der Waals surface area contributed by atoms with Crippen molar-refractivity contribution < 1.29 is 9.53 Å². The molecular weight excluding hydrogens is 342 g/mol. The number of rotatable bonds is 2. The van der Waals surface area contributed by atoms with E-state index < -0.39 is 0 Å². The first-order valence-corrected chi connectivity index (χ1v) is 9.16. The number of carbonyl (C=O) groups excluding carboxylic acids is 1. The van der Waals surface area contributed by atoms with E-state index in [9.17, 15) is 4.79 Å². The fourth-order valence-corrected chi connectivity index (χ4v) is 4.05. The van der Waals surface area contributed by atoms with E-state index in [4.69, 9.17) is 4.74 Å². The largest absolute Gasteiger partial charge is 0.363 e. The number of ether oxygens (including phenoxy) is 1. The van der Waals surface area contributed by atoms with Gasteiger partial charge in [0.25, 0.3) is 5.91 Å². The van der Waals surface area contributed by atoms with Gasteiger partial charge < -0.3 is 14.2 Å². The molecule has 7 heteroatoms. The molecule has 0 radical (unpaired) electrons. The molecule has 4 heterocycles. The third-order valence-corrected chi connectivity index (χ3v) is 5.50. The topological polar surface area (TPSA) is 65.2 Å². The first-order valence-electron chi connectivity index (χ1n) is 9.16. The van der Waals surface area contributed by atoms with Crippen molar-refractivity contribution in [2.75, 3.05) is 13.1 Å². The molecular formula is C20H21N5O2. The lowest BCUT2D eigenvalue weighted by Gasteiger charge is -2.35. The molecule has 2 aromatic heterocycles. The van der Waals surface area contributed by atoms with Crippen LogP contribution in [0.5, 0.6) is 0 Å². The van der Waals surface area contributed by atoms with Crippen LogP contribution in [-0.2, 0) is 24.9 Å². The first kappa shape index (κ1) is 16.3. The summed E-state index contributed by atoms with van der Waals surface area (Å²) in [6, 6.07) is 12.0. The third-order valence-electron chi connectivity index (χ3n) is 5.50. The summed E-state index contributed by atoms with van der Waals surface area (Å²) in [6.07, 6.45) is 4.52. The Balaban J connectivity index is 1.39. The molecule has 2 aliphatic heterocycles. The van der Waals surface area contributed by atoms with Gasteiger partial charge in [-0.3, -0.25) is 9.48 Å². The van der Waals surface area contributed by atoms with Gasteiger partial charge in [0.05, 0.1) is 25.0 Å². The van der Waals surface area contributed by atoms with Gasteiger partial charge in [-0.1, -0.05) is 30.3 Å². The van der Waals surface area contributed by atoms with Gasteiger partial charge in [-0.05, 0) is 18.1 Å². The van der Waals surface area contributed by atoms with Crippen LogP contribution in [-0.4, -0.2) is 48.8 Å². The lowest BCUT2D eigenvalue weighted by atomic mass is 10.0. The van der Waals surface area contributed by atoms with Crippen molar-refractivity contribution in [1.82, 2.24) is 24.2 Å². The number of amides is 1. The highest BCUT2D eigenvalue weighted by atomic mass is 16.5. The molecule has 1 aromatic carbocycles. The zero-order valence-corrected chi connectivity index (χ0v) is 15.2. The van der Waals surface area contributed by atoms with Crippen LogP contribution in [0.15, 0.2) is 48.8 Å². The van der Waals surface area contributed by atoms with Crippen molar-refractivity contribution in [3.8, 4) is 11.3 Å². The second kappa shape index (κ2) is 6.06. The molecule has 138 valence electrons. The van der Waals surface area contributed by atoms with Crippen molar-refractivity contribution in [2.24, 2.45) is 7.05 Å². The molecule has 0 unspecified atom stereocenters. The number of aromatic nitrogens is 4. The van der Waals surface area contributed by atoms with Crippen molar-refractivity contribution >= 4 is 5.91 Å². The molecule has 1 atom stereocenters. The summed E-state index contributed by atoms with van der Waals surface area (Å²) >= 11 is 0. The molecule has 1 spiro atoms. The van der Waals surface area contributed by atoms with Crippen LogP contribution in [0.3, 0.4) is 0 Å². The van der Waals surface area contributed by atoms with Crippen LogP contribution in [0.4, 0.5) is 0 Å². The van der Waals surface area contributed by atoms with Crippen LogP contribution < -0.4 is 0 Å². The number of likely N-dealkylation sites (tertiary alicyclic amines) is 1. The minimum absolute atomic E-state index is 0.0317. The molecule has 0 saturated carbocycles. The Labute approximate surface area is 157 Å². The number of carbonyl (C=O) groups is 1. The quantitative estimate of drug-likeness (QED) is 0.699. The van der Waals surface area contributed by atoms with Gasteiger partial charge >= 0.3 is 0 Å². The maximum Gasteiger partial charge on any atom is 0.274 e. The van der Waals surface area contributed by atoms with Crippen molar-refractivity contribution in [3.05, 3.63) is 60.3 Å². The highest BCUT2D eigenvalue weighted by molar-refractivity contribution is 5.92. The second-order valence-corrected chi connectivity index (χ2v) is 7.33. The van der Waals surface area contributed by atoms with Gasteiger partial charge in [0.1, 0.15) is 23.7 Å². The Morgan fingerprint density at radius 2 is 2.04 bits per heavy atom. The fourth-order valence-electron chi connectivity index (χ4n) is 4.05. The number of fused-ring (bicyclic) bond motifs is 1. The number of hydrogen-bond donors (Lipinski definition) is 0. The molecule has 2 aliphatic rings. The van der Waals surface area contributed by atoms with Crippen molar-refractivity contribution in [1.29, 1.82) is 0 Å². The number of imidazole rings is 1. The molecule has 5 rings (SSSR count). The van der Waals surface area contributed by atoms with Crippen LogP contribution in [0.1, 0.15) is 22.7 Å². The Kier molecular flexibility index (Phi) is 3.65. The van der Waals surface area contributed by atoms with Crippen LogP contribution >= 0.6 is 0 Å². The third kappa shape index (κ3) is 2.75. The van der Waals surface area contributed by atoms with Crippen LogP contribution in [0.25, 0.3) is 11.3 Å². The van der Waals surface area contributed by atoms with Gasteiger partial charge in [0.15, 0.2) is 0 Å². The lowest BCUT2D eigenvalue weighted by molar-refractivity contribution is -0.0804. The second-order valence-electron chi connectivity index (χ2n) is 7.33. The number of nitrogens with zero attached hydrogens (tertiary/aromatic N) is 5. The molecule has 3 aromatic rings. The minimum Gasteiger partial charge on any atom is -0.363 e. The molecule has 0 aliphatic carbocycles.